The van der Waals surface area contributed by atoms with Crippen LogP contribution in [0, 0.1) is 5.92 Å². The summed E-state index contributed by atoms with van der Waals surface area (Å²) in [5.41, 5.74) is 1.94. The van der Waals surface area contributed by atoms with Crippen LogP contribution in [0.25, 0.3) is 0 Å². The summed E-state index contributed by atoms with van der Waals surface area (Å²) in [6.45, 7) is 3.13. The molecule has 1 unspecified atom stereocenters. The highest BCUT2D eigenvalue weighted by Gasteiger charge is 2.40. The Morgan fingerprint density at radius 2 is 1.78 bits per heavy atom. The highest BCUT2D eigenvalue weighted by Crippen LogP contribution is 2.31. The summed E-state index contributed by atoms with van der Waals surface area (Å²) in [7, 11) is 0. The van der Waals surface area contributed by atoms with E-state index in [0.29, 0.717) is 25.4 Å². The average Bonchev–Trinajstić information content (AvgIpc) is 3.67. The standard InChI is InChI=1S/C27H31N3O2/c1-20(22-9-3-2-4-10-22)17-25(31)28-19-23-11-5-6-12-24(23)27(15-7-8-16-30-27)26(32)29-18-21-13-14-21/h2-12,15-16,20-21,30H,13-14,17-19H2,1H3,(H,28,31)(H,29,32)/t20-,27?/m1/s1. The molecule has 2 amide bonds. The second kappa shape index (κ2) is 9.86. The normalized spacial score (nSPS) is 20.3. The van der Waals surface area contributed by atoms with Crippen molar-refractivity contribution < 1.29 is 9.59 Å². The first-order chi connectivity index (χ1) is 15.6. The van der Waals surface area contributed by atoms with Gasteiger partial charge in [-0.1, -0.05) is 67.6 Å². The molecule has 1 aliphatic heterocycles. The van der Waals surface area contributed by atoms with E-state index in [2.05, 4.69) is 22.9 Å². The number of benzene rings is 2. The first-order valence-electron chi connectivity index (χ1n) is 11.4. The smallest absolute Gasteiger partial charge is 0.254 e. The van der Waals surface area contributed by atoms with Gasteiger partial charge in [-0.2, -0.15) is 0 Å². The van der Waals surface area contributed by atoms with E-state index in [1.54, 1.807) is 6.20 Å². The van der Waals surface area contributed by atoms with Crippen molar-refractivity contribution in [1.29, 1.82) is 0 Å². The molecule has 0 spiro atoms. The van der Waals surface area contributed by atoms with Crippen LogP contribution in [0.5, 0.6) is 0 Å². The monoisotopic (exact) mass is 429 g/mol. The van der Waals surface area contributed by atoms with E-state index in [0.717, 1.165) is 16.7 Å². The number of allylic oxidation sites excluding steroid dienone is 2. The van der Waals surface area contributed by atoms with Crippen molar-refractivity contribution in [1.82, 2.24) is 16.0 Å². The maximum Gasteiger partial charge on any atom is 0.254 e. The first kappa shape index (κ1) is 21.9. The fraction of sp³-hybridized carbons (Fsp3) is 0.333. The Labute approximate surface area is 190 Å². The van der Waals surface area contributed by atoms with Gasteiger partial charge in [0.1, 0.15) is 0 Å². The molecule has 0 saturated heterocycles. The second-order valence-electron chi connectivity index (χ2n) is 8.77. The molecule has 2 aliphatic rings. The fourth-order valence-electron chi connectivity index (χ4n) is 4.12. The van der Waals surface area contributed by atoms with Gasteiger partial charge in [-0.25, -0.2) is 0 Å². The Morgan fingerprint density at radius 3 is 2.50 bits per heavy atom. The Bertz CT molecular complexity index is 1010. The third-order valence-corrected chi connectivity index (χ3v) is 6.25. The Kier molecular flexibility index (Phi) is 6.74. The molecular formula is C27H31N3O2. The van der Waals surface area contributed by atoms with Gasteiger partial charge < -0.3 is 16.0 Å². The molecule has 0 aromatic heterocycles. The van der Waals surface area contributed by atoms with Gasteiger partial charge in [0.2, 0.25) is 5.91 Å². The lowest BCUT2D eigenvalue weighted by molar-refractivity contribution is -0.126. The van der Waals surface area contributed by atoms with Gasteiger partial charge in [0.15, 0.2) is 5.54 Å². The zero-order valence-corrected chi connectivity index (χ0v) is 18.5. The van der Waals surface area contributed by atoms with Crippen molar-refractivity contribution in [2.75, 3.05) is 6.54 Å². The maximum absolute atomic E-state index is 13.3. The van der Waals surface area contributed by atoms with Gasteiger partial charge in [0.25, 0.3) is 5.91 Å². The summed E-state index contributed by atoms with van der Waals surface area (Å²) in [5.74, 6) is 0.663. The van der Waals surface area contributed by atoms with E-state index >= 15 is 0 Å². The van der Waals surface area contributed by atoms with Gasteiger partial charge >= 0.3 is 0 Å². The molecule has 2 atom stereocenters. The summed E-state index contributed by atoms with van der Waals surface area (Å²) >= 11 is 0. The highest BCUT2D eigenvalue weighted by atomic mass is 16.2. The predicted molar refractivity (Wildman–Crippen MR) is 127 cm³/mol. The van der Waals surface area contributed by atoms with Gasteiger partial charge in [0, 0.05) is 19.5 Å². The summed E-state index contributed by atoms with van der Waals surface area (Å²) in [4.78, 5) is 26.0. The Balaban J connectivity index is 1.47. The quantitative estimate of drug-likeness (QED) is 0.566. The zero-order chi connectivity index (χ0) is 22.4. The number of nitrogens with one attached hydrogen (secondary N) is 3. The number of dihydropyridines is 1. The lowest BCUT2D eigenvalue weighted by Gasteiger charge is -2.34. The molecular weight excluding hydrogens is 398 g/mol. The molecule has 166 valence electrons. The van der Waals surface area contributed by atoms with Crippen LogP contribution >= 0.6 is 0 Å². The summed E-state index contributed by atoms with van der Waals surface area (Å²) in [6.07, 6.45) is 10.2. The van der Waals surface area contributed by atoms with Crippen LogP contribution in [0.1, 0.15) is 48.8 Å². The molecule has 4 rings (SSSR count). The number of carbonyl (C=O) groups is 2. The summed E-state index contributed by atoms with van der Waals surface area (Å²) < 4.78 is 0. The molecule has 1 heterocycles. The molecule has 32 heavy (non-hydrogen) atoms. The number of hydrogen-bond acceptors (Lipinski definition) is 3. The largest absolute Gasteiger partial charge is 0.370 e. The van der Waals surface area contributed by atoms with Crippen molar-refractivity contribution in [3.05, 3.63) is 95.7 Å². The summed E-state index contributed by atoms with van der Waals surface area (Å²) in [5, 5.41) is 9.45. The molecule has 5 heteroatoms. The van der Waals surface area contributed by atoms with Gasteiger partial charge in [-0.3, -0.25) is 9.59 Å². The van der Waals surface area contributed by atoms with E-state index in [1.807, 2.05) is 72.8 Å². The van der Waals surface area contributed by atoms with Crippen LogP contribution in [0.15, 0.2) is 79.0 Å². The SMILES string of the molecule is C[C@H](CC(=O)NCc1ccccc1C1(C(=O)NCC2CC2)C=CC=CN1)c1ccccc1. The van der Waals surface area contributed by atoms with Crippen LogP contribution in [0.4, 0.5) is 0 Å². The number of rotatable bonds is 9. The van der Waals surface area contributed by atoms with Crippen molar-refractivity contribution in [2.45, 2.75) is 44.2 Å². The van der Waals surface area contributed by atoms with Gasteiger partial charge in [0.05, 0.1) is 0 Å². The van der Waals surface area contributed by atoms with Gasteiger partial charge in [-0.05, 0) is 59.7 Å². The number of amides is 2. The topological polar surface area (TPSA) is 70.2 Å². The van der Waals surface area contributed by atoms with Crippen LogP contribution in [-0.4, -0.2) is 18.4 Å². The predicted octanol–water partition coefficient (Wildman–Crippen LogP) is 3.89. The number of hydrogen-bond donors (Lipinski definition) is 3. The molecule has 0 radical (unpaired) electrons. The minimum absolute atomic E-state index is 0.00423. The Morgan fingerprint density at radius 1 is 1.03 bits per heavy atom. The molecule has 1 aliphatic carbocycles. The van der Waals surface area contributed by atoms with Crippen molar-refractivity contribution in [2.24, 2.45) is 5.92 Å². The third kappa shape index (κ3) is 5.10. The highest BCUT2D eigenvalue weighted by molar-refractivity contribution is 5.91. The van der Waals surface area contributed by atoms with E-state index in [9.17, 15) is 9.59 Å². The molecule has 1 saturated carbocycles. The lowest BCUT2D eigenvalue weighted by atomic mass is 9.83. The van der Waals surface area contributed by atoms with E-state index in [1.165, 1.54) is 12.8 Å². The summed E-state index contributed by atoms with van der Waals surface area (Å²) in [6, 6.07) is 17.9. The van der Waals surface area contributed by atoms with Crippen LogP contribution in [0.3, 0.4) is 0 Å². The fourth-order valence-corrected chi connectivity index (χ4v) is 4.12. The molecule has 2 aromatic rings. The first-order valence-corrected chi connectivity index (χ1v) is 11.4. The van der Waals surface area contributed by atoms with E-state index in [4.69, 9.17) is 0 Å². The van der Waals surface area contributed by atoms with E-state index in [-0.39, 0.29) is 17.7 Å². The average molecular weight is 430 g/mol. The van der Waals surface area contributed by atoms with Crippen LogP contribution in [-0.2, 0) is 21.7 Å². The minimum Gasteiger partial charge on any atom is -0.370 e. The van der Waals surface area contributed by atoms with Crippen molar-refractivity contribution >= 4 is 11.8 Å². The second-order valence-corrected chi connectivity index (χ2v) is 8.77. The molecule has 1 fully saturated rings. The molecule has 2 aromatic carbocycles. The Hall–Kier alpha value is -3.34. The van der Waals surface area contributed by atoms with Crippen molar-refractivity contribution in [3.63, 3.8) is 0 Å². The van der Waals surface area contributed by atoms with Crippen LogP contribution in [0.2, 0.25) is 0 Å². The van der Waals surface area contributed by atoms with Gasteiger partial charge in [-0.15, -0.1) is 0 Å². The third-order valence-electron chi connectivity index (χ3n) is 6.25. The lowest BCUT2D eigenvalue weighted by Crippen LogP contribution is -2.53. The number of carbonyl (C=O) groups excluding carboxylic acids is 2. The molecule has 3 N–H and O–H groups in total. The minimum atomic E-state index is -0.984. The van der Waals surface area contributed by atoms with E-state index < -0.39 is 5.54 Å². The zero-order valence-electron chi connectivity index (χ0n) is 18.5. The van der Waals surface area contributed by atoms with Crippen molar-refractivity contribution in [3.8, 4) is 0 Å². The maximum atomic E-state index is 13.3. The molecule has 0 bridgehead atoms. The van der Waals surface area contributed by atoms with Crippen LogP contribution < -0.4 is 16.0 Å². The molecule has 5 nitrogen and oxygen atoms in total.